The van der Waals surface area contributed by atoms with Crippen molar-refractivity contribution in [1.29, 1.82) is 0 Å². The first kappa shape index (κ1) is 52.5. The Morgan fingerprint density at radius 1 is 0.905 bits per heavy atom. The van der Waals surface area contributed by atoms with E-state index in [1.165, 1.54) is 0 Å². The van der Waals surface area contributed by atoms with E-state index in [-0.39, 0.29) is 56.5 Å². The Labute approximate surface area is 304 Å². The maximum Gasteiger partial charge on any atom is 0.308 e. The Balaban J connectivity index is -0.000000156. The van der Waals surface area contributed by atoms with Crippen LogP contribution in [0.15, 0.2) is 18.7 Å². The maximum absolute atomic E-state index is 11.5. The third-order valence-corrected chi connectivity index (χ3v) is 18.0. The number of H-pyrrole nitrogens is 1. The van der Waals surface area contributed by atoms with E-state index in [9.17, 15) is 9.59 Å². The van der Waals surface area contributed by atoms with Gasteiger partial charge in [0, 0.05) is 21.2 Å². The number of imidazole rings is 1. The molecule has 0 fully saturated rings. The van der Waals surface area contributed by atoms with Gasteiger partial charge in [0.15, 0.2) is 15.7 Å². The fourth-order valence-corrected chi connectivity index (χ4v) is 4.30. The summed E-state index contributed by atoms with van der Waals surface area (Å²) in [7, 11) is -3.18. The zero-order valence-corrected chi connectivity index (χ0v) is 36.8. The minimum absolute atomic E-state index is 0. The summed E-state index contributed by atoms with van der Waals surface area (Å²) < 4.78 is 17.2. The first-order chi connectivity index (χ1) is 18.1. The molecule has 0 aromatic carbocycles. The molecule has 0 aliphatic carbocycles. The summed E-state index contributed by atoms with van der Waals surface area (Å²) in [6.07, 6.45) is 4.98. The van der Waals surface area contributed by atoms with Crippen molar-refractivity contribution in [3.63, 3.8) is 0 Å². The largest absolute Gasteiger partial charge is 0.466 e. The van der Waals surface area contributed by atoms with Crippen LogP contribution in [0.25, 0.3) is 0 Å². The lowest BCUT2D eigenvalue weighted by molar-refractivity contribution is -0.145. The molecule has 1 rings (SSSR count). The fraction of sp³-hybridized carbons (Fsp3) is 0.815. The number of rotatable bonds is 10. The number of aromatic amines is 1. The van der Waals surface area contributed by atoms with E-state index in [0.29, 0.717) is 29.1 Å². The second kappa shape index (κ2) is 27.1. The van der Waals surface area contributed by atoms with E-state index in [4.69, 9.17) is 25.3 Å². The van der Waals surface area contributed by atoms with Gasteiger partial charge in [-0.25, -0.2) is 4.98 Å². The van der Waals surface area contributed by atoms with Gasteiger partial charge in [0.25, 0.3) is 0 Å². The highest BCUT2D eigenvalue weighted by atomic mass is 127. The quantitative estimate of drug-likeness (QED) is 0.0799. The lowest BCUT2D eigenvalue weighted by Crippen LogP contribution is -2.45. The molecule has 42 heavy (non-hydrogen) atoms. The minimum atomic E-state index is -1.79. The van der Waals surface area contributed by atoms with Crippen LogP contribution in [0.2, 0.25) is 36.3 Å². The molecule has 0 saturated heterocycles. The molecule has 0 spiro atoms. The second-order valence-electron chi connectivity index (χ2n) is 12.0. The number of aromatic nitrogens is 2. The smallest absolute Gasteiger partial charge is 0.308 e. The third kappa shape index (κ3) is 29.7. The Kier molecular flexibility index (Phi) is 33.9. The molecule has 15 heteroatoms. The molecule has 0 unspecified atom stereocenters. The van der Waals surface area contributed by atoms with Crippen molar-refractivity contribution in [3.8, 4) is 0 Å². The molecule has 0 amide bonds. The molecule has 0 saturated carbocycles. The van der Waals surface area contributed by atoms with E-state index in [1.54, 1.807) is 25.6 Å². The predicted molar refractivity (Wildman–Crippen MR) is 211 cm³/mol. The van der Waals surface area contributed by atoms with Gasteiger partial charge in [-0.1, -0.05) is 99.8 Å². The van der Waals surface area contributed by atoms with Crippen LogP contribution < -0.4 is 0 Å². The number of nitrogens with zero attached hydrogens (tertiary/aromatic N) is 1. The standard InChI is InChI=1S/C12H25IO3Si.C6H15ClSi.C6H11IO3.C3H4N2.2H2S/c1-7-15-11(14)8-10(9-13)16-17(5,6)12(2,3)4;1-6(2,3)8(4,5)7;1-2-10-6(9)3-5(8)4-7;1-2-5-3-4-1;;/h10H,7-9H2,1-6H3;1-5H3;5,8H,2-4H2,1H3;1-3H,(H,4,5);2*1H2/t10-;;5-;;;/m0.0.../s1. The number of aliphatic hydroxyl groups excluding tert-OH is 1. The molecule has 0 radical (unpaired) electrons. The van der Waals surface area contributed by atoms with Gasteiger partial charge in [0.05, 0.1) is 44.6 Å². The number of aliphatic hydroxyl groups is 1. The molecule has 1 heterocycles. The zero-order valence-electron chi connectivity index (χ0n) is 27.7. The van der Waals surface area contributed by atoms with Gasteiger partial charge in [-0.2, -0.15) is 38.1 Å². The minimum Gasteiger partial charge on any atom is -0.466 e. The van der Waals surface area contributed by atoms with Crippen molar-refractivity contribution in [3.05, 3.63) is 18.7 Å². The summed E-state index contributed by atoms with van der Waals surface area (Å²) in [5.74, 6) is -0.487. The lowest BCUT2D eigenvalue weighted by Gasteiger charge is -2.38. The number of nitrogens with one attached hydrogen (secondary N) is 1. The number of esters is 2. The number of alkyl halides is 2. The summed E-state index contributed by atoms with van der Waals surface area (Å²) in [5.41, 5.74) is 0. The molecule has 254 valence electrons. The molecule has 1 aromatic rings. The van der Waals surface area contributed by atoms with Crippen molar-refractivity contribution in [1.82, 2.24) is 9.97 Å². The Hall–Kier alpha value is 0.954. The van der Waals surface area contributed by atoms with Gasteiger partial charge in [-0.05, 0) is 37.0 Å². The highest BCUT2D eigenvalue weighted by molar-refractivity contribution is 14.1. The second-order valence-corrected chi connectivity index (χ2v) is 25.8. The van der Waals surface area contributed by atoms with E-state index in [1.807, 2.05) is 29.5 Å². The first-order valence-corrected chi connectivity index (χ1v) is 23.5. The molecular weight excluding hydrogens is 858 g/mol. The average Bonchev–Trinajstić information content (AvgIpc) is 3.38. The number of carbonyl (C=O) groups is 2. The van der Waals surface area contributed by atoms with Crippen molar-refractivity contribution >= 4 is 111 Å². The highest BCUT2D eigenvalue weighted by Crippen LogP contribution is 2.38. The first-order valence-electron chi connectivity index (χ1n) is 13.5. The number of ether oxygens (including phenoxy) is 2. The summed E-state index contributed by atoms with van der Waals surface area (Å²) in [5, 5.41) is 9.46. The van der Waals surface area contributed by atoms with Crippen LogP contribution in [-0.4, -0.2) is 77.0 Å². The maximum atomic E-state index is 11.5. The van der Waals surface area contributed by atoms with E-state index >= 15 is 0 Å². The van der Waals surface area contributed by atoms with Gasteiger partial charge in [-0.3, -0.25) is 9.59 Å². The molecular formula is C27H59ClI2N2O6S2Si2. The summed E-state index contributed by atoms with van der Waals surface area (Å²) in [6, 6.07) is 0. The predicted octanol–water partition coefficient (Wildman–Crippen LogP) is 8.37. The van der Waals surface area contributed by atoms with Gasteiger partial charge in [-0.15, -0.1) is 0 Å². The number of carbonyl (C=O) groups excluding carboxylic acids is 2. The molecule has 1 aromatic heterocycles. The summed E-state index contributed by atoms with van der Waals surface area (Å²) >= 11 is 10.4. The van der Waals surface area contributed by atoms with Crippen molar-refractivity contribution < 1.29 is 28.6 Å². The van der Waals surface area contributed by atoms with E-state index in [2.05, 4.69) is 105 Å². The highest BCUT2D eigenvalue weighted by Gasteiger charge is 2.39. The monoisotopic (exact) mass is 916 g/mol. The van der Waals surface area contributed by atoms with Crippen LogP contribution >= 0.6 is 83.3 Å². The molecule has 0 aliphatic rings. The van der Waals surface area contributed by atoms with Gasteiger partial charge < -0.3 is 24.0 Å². The van der Waals surface area contributed by atoms with Crippen LogP contribution in [0.3, 0.4) is 0 Å². The molecule has 0 bridgehead atoms. The topological polar surface area (TPSA) is 111 Å². The number of hydrogen-bond donors (Lipinski definition) is 2. The number of hydrogen-bond acceptors (Lipinski definition) is 7. The van der Waals surface area contributed by atoms with Crippen molar-refractivity contribution in [2.24, 2.45) is 0 Å². The van der Waals surface area contributed by atoms with Crippen molar-refractivity contribution in [2.45, 2.75) is 117 Å². The van der Waals surface area contributed by atoms with Gasteiger partial charge in [0.2, 0.25) is 0 Å². The van der Waals surface area contributed by atoms with Crippen molar-refractivity contribution in [2.75, 3.05) is 22.1 Å². The lowest BCUT2D eigenvalue weighted by atomic mass is 10.2. The Bertz CT molecular complexity index is 751. The zero-order chi connectivity index (χ0) is 32.2. The summed E-state index contributed by atoms with van der Waals surface area (Å²) in [6.45, 7) is 26.4. The normalized spacial score (nSPS) is 12.6. The molecule has 8 nitrogen and oxygen atoms in total. The SMILES string of the molecule is CC(C)(C)[Si](C)(C)Cl.CCOC(=O)C[C@@H](CI)O[Si](C)(C)C(C)(C)C.CCOC(=O)C[C@H](O)CI.S.S.c1c[nH]cn1. The van der Waals surface area contributed by atoms with Crippen LogP contribution in [-0.2, 0) is 23.5 Å². The third-order valence-electron chi connectivity index (χ3n) is 6.21. The van der Waals surface area contributed by atoms with Gasteiger partial charge >= 0.3 is 11.9 Å². The molecule has 2 N–H and O–H groups in total. The van der Waals surface area contributed by atoms with Crippen LogP contribution in [0.1, 0.15) is 68.2 Å². The fourth-order valence-electron chi connectivity index (χ4n) is 1.81. The average molecular weight is 917 g/mol. The van der Waals surface area contributed by atoms with E-state index in [0.717, 1.165) is 4.43 Å². The molecule has 0 aliphatic heterocycles. The Morgan fingerprint density at radius 3 is 1.57 bits per heavy atom. The summed E-state index contributed by atoms with van der Waals surface area (Å²) in [4.78, 5) is 28.5. The molecule has 2 atom stereocenters. The van der Waals surface area contributed by atoms with Crippen LogP contribution in [0.4, 0.5) is 0 Å². The Morgan fingerprint density at radius 2 is 1.33 bits per heavy atom. The van der Waals surface area contributed by atoms with Crippen LogP contribution in [0.5, 0.6) is 0 Å². The van der Waals surface area contributed by atoms with Crippen LogP contribution in [0, 0.1) is 0 Å². The van der Waals surface area contributed by atoms with Gasteiger partial charge in [0.1, 0.15) is 0 Å². The van der Waals surface area contributed by atoms with E-state index < -0.39 is 21.8 Å². The number of halogens is 3.